The monoisotopic (exact) mass is 342 g/mol. The summed E-state index contributed by atoms with van der Waals surface area (Å²) in [7, 11) is 0. The van der Waals surface area contributed by atoms with Crippen LogP contribution >= 0.6 is 0 Å². The standard InChI is InChI=1S/C21H30N2O2/c1-21(2)15-23-11-10-22(20(24)13-16-7-5-6-12-25-16)14-19(23)17-8-3-4-9-18(17)21/h3-4,8-9,16,19H,5-7,10-15H2,1-2H3. The van der Waals surface area contributed by atoms with Crippen LogP contribution in [0.15, 0.2) is 24.3 Å². The number of carbonyl (C=O) groups excluding carboxylic acids is 1. The molecule has 0 radical (unpaired) electrons. The molecule has 4 heteroatoms. The van der Waals surface area contributed by atoms with E-state index in [0.717, 1.165) is 45.6 Å². The van der Waals surface area contributed by atoms with Crippen LogP contribution in [0.5, 0.6) is 0 Å². The van der Waals surface area contributed by atoms with Crippen LogP contribution in [-0.4, -0.2) is 54.6 Å². The summed E-state index contributed by atoms with van der Waals surface area (Å²) >= 11 is 0. The van der Waals surface area contributed by atoms with E-state index in [-0.39, 0.29) is 17.4 Å². The van der Waals surface area contributed by atoms with E-state index in [2.05, 4.69) is 47.9 Å². The number of ether oxygens (including phenoxy) is 1. The fourth-order valence-corrected chi connectivity index (χ4v) is 4.82. The summed E-state index contributed by atoms with van der Waals surface area (Å²) in [6.45, 7) is 9.19. The Morgan fingerprint density at radius 1 is 1.24 bits per heavy atom. The van der Waals surface area contributed by atoms with E-state index in [1.165, 1.54) is 17.5 Å². The minimum Gasteiger partial charge on any atom is -0.378 e. The van der Waals surface area contributed by atoms with E-state index >= 15 is 0 Å². The molecule has 0 N–H and O–H groups in total. The van der Waals surface area contributed by atoms with Crippen molar-refractivity contribution in [2.75, 3.05) is 32.8 Å². The quantitative estimate of drug-likeness (QED) is 0.828. The molecule has 3 heterocycles. The van der Waals surface area contributed by atoms with Gasteiger partial charge in [0.15, 0.2) is 0 Å². The van der Waals surface area contributed by atoms with Gasteiger partial charge >= 0.3 is 0 Å². The molecule has 1 amide bonds. The first-order valence-corrected chi connectivity index (χ1v) is 9.77. The first-order chi connectivity index (χ1) is 12.0. The number of carbonyl (C=O) groups is 1. The highest BCUT2D eigenvalue weighted by Crippen LogP contribution is 2.41. The molecule has 3 aliphatic heterocycles. The van der Waals surface area contributed by atoms with Gasteiger partial charge in [0.1, 0.15) is 0 Å². The third kappa shape index (κ3) is 3.34. The van der Waals surface area contributed by atoms with Crippen molar-refractivity contribution < 1.29 is 9.53 Å². The Balaban J connectivity index is 1.49. The van der Waals surface area contributed by atoms with Gasteiger partial charge in [0.05, 0.1) is 18.6 Å². The Morgan fingerprint density at radius 2 is 2.08 bits per heavy atom. The molecule has 1 aromatic rings. The molecule has 2 fully saturated rings. The SMILES string of the molecule is CC1(C)CN2CCN(C(=O)CC3CCCCO3)CC2c2ccccc21. The normalized spacial score (nSPS) is 29.0. The molecule has 2 unspecified atom stereocenters. The van der Waals surface area contributed by atoms with Gasteiger partial charge in [-0.25, -0.2) is 0 Å². The van der Waals surface area contributed by atoms with Crippen LogP contribution in [0.25, 0.3) is 0 Å². The van der Waals surface area contributed by atoms with Crippen molar-refractivity contribution in [3.8, 4) is 0 Å². The number of benzene rings is 1. The second-order valence-corrected chi connectivity index (χ2v) is 8.49. The van der Waals surface area contributed by atoms with E-state index in [9.17, 15) is 4.79 Å². The van der Waals surface area contributed by atoms with E-state index in [4.69, 9.17) is 4.74 Å². The van der Waals surface area contributed by atoms with Gasteiger partial charge in [-0.1, -0.05) is 38.1 Å². The molecule has 2 atom stereocenters. The molecule has 0 spiro atoms. The van der Waals surface area contributed by atoms with Crippen molar-refractivity contribution >= 4 is 5.91 Å². The molecule has 0 bridgehead atoms. The highest BCUT2D eigenvalue weighted by molar-refractivity contribution is 5.77. The predicted octanol–water partition coefficient (Wildman–Crippen LogP) is 3.12. The molecule has 4 nitrogen and oxygen atoms in total. The predicted molar refractivity (Wildman–Crippen MR) is 98.6 cm³/mol. The Morgan fingerprint density at radius 3 is 2.88 bits per heavy atom. The summed E-state index contributed by atoms with van der Waals surface area (Å²) < 4.78 is 5.77. The van der Waals surface area contributed by atoms with Gasteiger partial charge in [0, 0.05) is 38.2 Å². The number of piperazine rings is 1. The minimum absolute atomic E-state index is 0.136. The van der Waals surface area contributed by atoms with E-state index < -0.39 is 0 Å². The van der Waals surface area contributed by atoms with Gasteiger partial charge in [-0.3, -0.25) is 9.69 Å². The molecular formula is C21H30N2O2. The molecule has 4 rings (SSSR count). The highest BCUT2D eigenvalue weighted by Gasteiger charge is 2.41. The van der Waals surface area contributed by atoms with Crippen LogP contribution in [0, 0.1) is 0 Å². The van der Waals surface area contributed by atoms with Crippen LogP contribution in [0.4, 0.5) is 0 Å². The average molecular weight is 342 g/mol. The number of fused-ring (bicyclic) bond motifs is 3. The zero-order valence-electron chi connectivity index (χ0n) is 15.5. The van der Waals surface area contributed by atoms with Gasteiger partial charge in [-0.05, 0) is 30.4 Å². The molecule has 136 valence electrons. The Kier molecular flexibility index (Phi) is 4.59. The summed E-state index contributed by atoms with van der Waals surface area (Å²) in [6.07, 6.45) is 4.05. The molecule has 0 aromatic heterocycles. The van der Waals surface area contributed by atoms with Crippen molar-refractivity contribution in [3.05, 3.63) is 35.4 Å². The highest BCUT2D eigenvalue weighted by atomic mass is 16.5. The van der Waals surface area contributed by atoms with Crippen molar-refractivity contribution in [1.82, 2.24) is 9.80 Å². The van der Waals surface area contributed by atoms with Crippen molar-refractivity contribution in [3.63, 3.8) is 0 Å². The second kappa shape index (κ2) is 6.73. The molecular weight excluding hydrogens is 312 g/mol. The maximum absolute atomic E-state index is 12.8. The van der Waals surface area contributed by atoms with Crippen LogP contribution in [0.2, 0.25) is 0 Å². The van der Waals surface area contributed by atoms with Crippen LogP contribution < -0.4 is 0 Å². The van der Waals surface area contributed by atoms with Crippen molar-refractivity contribution in [2.24, 2.45) is 0 Å². The smallest absolute Gasteiger partial charge is 0.225 e. The average Bonchev–Trinajstić information content (AvgIpc) is 2.62. The molecule has 1 aromatic carbocycles. The van der Waals surface area contributed by atoms with Gasteiger partial charge in [-0.2, -0.15) is 0 Å². The number of rotatable bonds is 2. The third-order valence-corrected chi connectivity index (χ3v) is 6.17. The molecule has 3 aliphatic rings. The number of hydrogen-bond donors (Lipinski definition) is 0. The topological polar surface area (TPSA) is 32.8 Å². The molecule has 2 saturated heterocycles. The lowest BCUT2D eigenvalue weighted by Crippen LogP contribution is -2.56. The van der Waals surface area contributed by atoms with E-state index in [1.807, 2.05) is 0 Å². The first kappa shape index (κ1) is 17.0. The maximum Gasteiger partial charge on any atom is 0.225 e. The third-order valence-electron chi connectivity index (χ3n) is 6.17. The fraction of sp³-hybridized carbons (Fsp3) is 0.667. The van der Waals surface area contributed by atoms with E-state index in [1.54, 1.807) is 0 Å². The van der Waals surface area contributed by atoms with Gasteiger partial charge in [-0.15, -0.1) is 0 Å². The second-order valence-electron chi connectivity index (χ2n) is 8.49. The summed E-state index contributed by atoms with van der Waals surface area (Å²) in [5.74, 6) is 0.272. The number of hydrogen-bond acceptors (Lipinski definition) is 3. The Bertz CT molecular complexity index is 637. The Hall–Kier alpha value is -1.39. The zero-order chi connectivity index (χ0) is 17.4. The van der Waals surface area contributed by atoms with Crippen molar-refractivity contribution in [1.29, 1.82) is 0 Å². The maximum atomic E-state index is 12.8. The lowest BCUT2D eigenvalue weighted by atomic mass is 9.75. The van der Waals surface area contributed by atoms with Crippen molar-refractivity contribution in [2.45, 2.75) is 57.1 Å². The number of nitrogens with zero attached hydrogens (tertiary/aromatic N) is 2. The lowest BCUT2D eigenvalue weighted by molar-refractivity contribution is -0.138. The van der Waals surface area contributed by atoms with Crippen LogP contribution in [-0.2, 0) is 14.9 Å². The van der Waals surface area contributed by atoms with Gasteiger partial charge < -0.3 is 9.64 Å². The molecule has 0 saturated carbocycles. The lowest BCUT2D eigenvalue weighted by Gasteiger charge is -2.50. The molecule has 0 aliphatic carbocycles. The zero-order valence-corrected chi connectivity index (χ0v) is 15.5. The molecule has 25 heavy (non-hydrogen) atoms. The van der Waals surface area contributed by atoms with Gasteiger partial charge in [0.25, 0.3) is 0 Å². The Labute approximate surface area is 151 Å². The van der Waals surface area contributed by atoms with E-state index in [0.29, 0.717) is 12.5 Å². The fourth-order valence-electron chi connectivity index (χ4n) is 4.82. The summed E-state index contributed by atoms with van der Waals surface area (Å²) in [5, 5.41) is 0. The van der Waals surface area contributed by atoms with Crippen LogP contribution in [0.1, 0.15) is 56.7 Å². The summed E-state index contributed by atoms with van der Waals surface area (Å²) in [5.41, 5.74) is 3.03. The summed E-state index contributed by atoms with van der Waals surface area (Å²) in [4.78, 5) is 17.5. The van der Waals surface area contributed by atoms with Crippen LogP contribution in [0.3, 0.4) is 0 Å². The first-order valence-electron chi connectivity index (χ1n) is 9.77. The summed E-state index contributed by atoms with van der Waals surface area (Å²) in [6, 6.07) is 9.14. The largest absolute Gasteiger partial charge is 0.378 e. The number of amides is 1. The van der Waals surface area contributed by atoms with Gasteiger partial charge in [0.2, 0.25) is 5.91 Å². The minimum atomic E-state index is 0.136.